The second kappa shape index (κ2) is 7.12. The van der Waals surface area contributed by atoms with Crippen LogP contribution in [-0.2, 0) is 0 Å². The second-order valence-corrected chi connectivity index (χ2v) is 7.40. The molecule has 0 unspecified atom stereocenters. The van der Waals surface area contributed by atoms with Gasteiger partial charge < -0.3 is 10.1 Å². The Kier molecular flexibility index (Phi) is 4.33. The molecule has 5 rings (SSSR count). The average Bonchev–Trinajstić information content (AvgIpc) is 3.45. The summed E-state index contributed by atoms with van der Waals surface area (Å²) in [7, 11) is 0. The summed E-state index contributed by atoms with van der Waals surface area (Å²) in [6, 6.07) is 6.34. The molecule has 0 amide bonds. The van der Waals surface area contributed by atoms with Gasteiger partial charge in [0.2, 0.25) is 5.88 Å². The molecule has 6 heteroatoms. The number of hydrogen-bond donors (Lipinski definition) is 2. The molecule has 1 saturated heterocycles. The third-order valence-corrected chi connectivity index (χ3v) is 5.16. The van der Waals surface area contributed by atoms with E-state index >= 15 is 0 Å². The summed E-state index contributed by atoms with van der Waals surface area (Å²) < 4.78 is 6.02. The number of nitrogens with zero attached hydrogens (tertiary/aromatic N) is 3. The van der Waals surface area contributed by atoms with Gasteiger partial charge in [-0.2, -0.15) is 5.10 Å². The van der Waals surface area contributed by atoms with Crippen molar-refractivity contribution in [3.63, 3.8) is 0 Å². The number of allylic oxidation sites excluding steroid dienone is 1. The maximum Gasteiger partial charge on any atom is 0.233 e. The van der Waals surface area contributed by atoms with Crippen LogP contribution in [-0.4, -0.2) is 39.4 Å². The van der Waals surface area contributed by atoms with Crippen molar-refractivity contribution in [2.45, 2.75) is 31.8 Å². The minimum atomic E-state index is 0.151. The smallest absolute Gasteiger partial charge is 0.233 e. The van der Waals surface area contributed by atoms with E-state index in [1.807, 2.05) is 0 Å². The molecule has 0 spiro atoms. The molecule has 0 radical (unpaired) electrons. The lowest BCUT2D eigenvalue weighted by atomic mass is 10.1. The van der Waals surface area contributed by atoms with E-state index in [-0.39, 0.29) is 6.10 Å². The number of rotatable bonds is 5. The average molecular weight is 361 g/mol. The van der Waals surface area contributed by atoms with E-state index in [1.54, 1.807) is 12.4 Å². The van der Waals surface area contributed by atoms with E-state index < -0.39 is 0 Å². The Morgan fingerprint density at radius 3 is 2.96 bits per heavy atom. The first-order chi connectivity index (χ1) is 13.3. The number of benzene rings is 1. The first-order valence-corrected chi connectivity index (χ1v) is 9.71. The Morgan fingerprint density at radius 2 is 2.11 bits per heavy atom. The number of fused-ring (bicyclic) bond motifs is 1. The molecular formula is C21H23N5O. The number of aromatic amines is 1. The summed E-state index contributed by atoms with van der Waals surface area (Å²) in [5.74, 6) is 1.32. The van der Waals surface area contributed by atoms with Gasteiger partial charge in [0.25, 0.3) is 0 Å². The number of nitrogens with one attached hydrogen (secondary N) is 2. The van der Waals surface area contributed by atoms with E-state index in [4.69, 9.17) is 4.74 Å². The molecule has 2 aromatic heterocycles. The molecule has 2 aliphatic rings. The van der Waals surface area contributed by atoms with Gasteiger partial charge in [-0.1, -0.05) is 18.2 Å². The Hall–Kier alpha value is -2.73. The predicted octanol–water partition coefficient (Wildman–Crippen LogP) is 3.57. The SMILES string of the molecule is C(=C\C1CC1)/c1ccc2[nH]nc(-c3cncc(O[C@@H]4CCCNC4)n3)c2c1. The summed E-state index contributed by atoms with van der Waals surface area (Å²) in [6.45, 7) is 1.91. The standard InChI is InChI=1S/C21H23N5O/c1-2-16(11-22-9-1)27-20-13-23-12-19(24-20)21-17-10-15(6-5-14-3-4-14)7-8-18(17)25-26-21/h5-8,10,12-14,16,22H,1-4,9,11H2,(H,25,26)/b6-5+/t16-/m1/s1. The van der Waals surface area contributed by atoms with Gasteiger partial charge >= 0.3 is 0 Å². The van der Waals surface area contributed by atoms with Crippen LogP contribution in [0.2, 0.25) is 0 Å². The Labute approximate surface area is 158 Å². The van der Waals surface area contributed by atoms with Gasteiger partial charge in [0.1, 0.15) is 17.5 Å². The van der Waals surface area contributed by atoms with E-state index in [1.165, 1.54) is 18.4 Å². The number of ether oxygens (including phenoxy) is 1. The third-order valence-electron chi connectivity index (χ3n) is 5.16. The van der Waals surface area contributed by atoms with E-state index in [9.17, 15) is 0 Å². The van der Waals surface area contributed by atoms with Crippen LogP contribution in [0.4, 0.5) is 0 Å². The fraction of sp³-hybridized carbons (Fsp3) is 0.381. The quantitative estimate of drug-likeness (QED) is 0.726. The Balaban J connectivity index is 1.43. The van der Waals surface area contributed by atoms with Crippen molar-refractivity contribution >= 4 is 17.0 Å². The molecule has 1 saturated carbocycles. The molecular weight excluding hydrogens is 338 g/mol. The summed E-state index contributed by atoms with van der Waals surface area (Å²) in [6.07, 6.45) is 12.9. The van der Waals surface area contributed by atoms with Gasteiger partial charge in [0.05, 0.1) is 17.9 Å². The van der Waals surface area contributed by atoms with E-state index in [0.717, 1.165) is 54.1 Å². The molecule has 138 valence electrons. The van der Waals surface area contributed by atoms with Crippen molar-refractivity contribution in [3.05, 3.63) is 42.2 Å². The lowest BCUT2D eigenvalue weighted by Gasteiger charge is -2.23. The van der Waals surface area contributed by atoms with Crippen LogP contribution in [0, 0.1) is 5.92 Å². The van der Waals surface area contributed by atoms with E-state index in [2.05, 4.69) is 55.8 Å². The van der Waals surface area contributed by atoms with Gasteiger partial charge in [0.15, 0.2) is 0 Å². The zero-order valence-electron chi connectivity index (χ0n) is 15.2. The maximum absolute atomic E-state index is 6.02. The fourth-order valence-electron chi connectivity index (χ4n) is 3.48. The number of H-pyrrole nitrogens is 1. The topological polar surface area (TPSA) is 75.7 Å². The molecule has 1 aromatic carbocycles. The van der Waals surface area contributed by atoms with Crippen LogP contribution in [0.3, 0.4) is 0 Å². The molecule has 1 atom stereocenters. The van der Waals surface area contributed by atoms with Crippen LogP contribution in [0.5, 0.6) is 5.88 Å². The number of hydrogen-bond acceptors (Lipinski definition) is 5. The molecule has 0 bridgehead atoms. The highest BCUT2D eigenvalue weighted by atomic mass is 16.5. The van der Waals surface area contributed by atoms with Crippen molar-refractivity contribution < 1.29 is 4.74 Å². The Bertz CT molecular complexity index is 970. The number of aromatic nitrogens is 4. The van der Waals surface area contributed by atoms with Crippen molar-refractivity contribution in [3.8, 4) is 17.3 Å². The second-order valence-electron chi connectivity index (χ2n) is 7.40. The van der Waals surface area contributed by atoms with Gasteiger partial charge in [-0.05, 0) is 55.8 Å². The van der Waals surface area contributed by atoms with Crippen LogP contribution in [0.15, 0.2) is 36.7 Å². The number of piperidine rings is 1. The van der Waals surface area contributed by atoms with Gasteiger partial charge in [-0.15, -0.1) is 0 Å². The molecule has 3 heterocycles. The highest BCUT2D eigenvalue weighted by molar-refractivity contribution is 5.93. The fourth-order valence-corrected chi connectivity index (χ4v) is 3.48. The maximum atomic E-state index is 6.02. The van der Waals surface area contributed by atoms with Gasteiger partial charge in [-0.25, -0.2) is 4.98 Å². The van der Waals surface area contributed by atoms with E-state index in [0.29, 0.717) is 5.88 Å². The van der Waals surface area contributed by atoms with Crippen LogP contribution < -0.4 is 10.1 Å². The van der Waals surface area contributed by atoms with Gasteiger partial charge in [0, 0.05) is 11.9 Å². The highest BCUT2D eigenvalue weighted by Gasteiger charge is 2.18. The summed E-state index contributed by atoms with van der Waals surface area (Å²) in [4.78, 5) is 8.99. The van der Waals surface area contributed by atoms with Crippen LogP contribution >= 0.6 is 0 Å². The normalized spacial score (nSPS) is 20.4. The third kappa shape index (κ3) is 3.71. The lowest BCUT2D eigenvalue weighted by Crippen LogP contribution is -2.37. The molecule has 2 fully saturated rings. The molecule has 2 N–H and O–H groups in total. The first-order valence-electron chi connectivity index (χ1n) is 9.71. The first kappa shape index (κ1) is 16.4. The van der Waals surface area contributed by atoms with Crippen molar-refractivity contribution in [1.82, 2.24) is 25.5 Å². The van der Waals surface area contributed by atoms with Crippen LogP contribution in [0.1, 0.15) is 31.2 Å². The summed E-state index contributed by atoms with van der Waals surface area (Å²) in [5.41, 5.74) is 3.72. The van der Waals surface area contributed by atoms with Crippen molar-refractivity contribution in [2.75, 3.05) is 13.1 Å². The zero-order valence-corrected chi connectivity index (χ0v) is 15.2. The molecule has 6 nitrogen and oxygen atoms in total. The molecule has 1 aliphatic heterocycles. The highest BCUT2D eigenvalue weighted by Crippen LogP contribution is 2.32. The molecule has 1 aliphatic carbocycles. The monoisotopic (exact) mass is 361 g/mol. The minimum Gasteiger partial charge on any atom is -0.472 e. The largest absolute Gasteiger partial charge is 0.472 e. The zero-order chi connectivity index (χ0) is 18.1. The van der Waals surface area contributed by atoms with Crippen LogP contribution in [0.25, 0.3) is 28.4 Å². The van der Waals surface area contributed by atoms with Gasteiger partial charge in [-0.3, -0.25) is 10.1 Å². The van der Waals surface area contributed by atoms with Crippen molar-refractivity contribution in [1.29, 1.82) is 0 Å². The lowest BCUT2D eigenvalue weighted by molar-refractivity contribution is 0.160. The van der Waals surface area contributed by atoms with Crippen molar-refractivity contribution in [2.24, 2.45) is 5.92 Å². The predicted molar refractivity (Wildman–Crippen MR) is 105 cm³/mol. The Morgan fingerprint density at radius 1 is 1.15 bits per heavy atom. The minimum absolute atomic E-state index is 0.151. The molecule has 3 aromatic rings. The summed E-state index contributed by atoms with van der Waals surface area (Å²) >= 11 is 0. The summed E-state index contributed by atoms with van der Waals surface area (Å²) in [5, 5.41) is 12.0. The molecule has 27 heavy (non-hydrogen) atoms.